The Morgan fingerprint density at radius 1 is 1.12 bits per heavy atom. The molecule has 0 bridgehead atoms. The summed E-state index contributed by atoms with van der Waals surface area (Å²) in [6.07, 6.45) is 0.907. The number of carbonyl (C=O) groups excluding carboxylic acids is 2. The smallest absolute Gasteiger partial charge is 0.277 e. The van der Waals surface area contributed by atoms with Crippen molar-refractivity contribution in [3.05, 3.63) is 35.5 Å². The zero-order valence-corrected chi connectivity index (χ0v) is 15.5. The summed E-state index contributed by atoms with van der Waals surface area (Å²) in [5.74, 6) is -0.00662. The molecule has 1 aromatic carbocycles. The van der Waals surface area contributed by atoms with Gasteiger partial charge in [-0.05, 0) is 24.1 Å². The van der Waals surface area contributed by atoms with E-state index < -0.39 is 0 Å². The minimum atomic E-state index is -0.371. The van der Waals surface area contributed by atoms with Crippen LogP contribution in [-0.4, -0.2) is 73.8 Å². The van der Waals surface area contributed by atoms with E-state index in [0.29, 0.717) is 23.4 Å². The molecule has 0 spiro atoms. The van der Waals surface area contributed by atoms with E-state index in [-0.39, 0.29) is 38.1 Å². The first-order valence-electron chi connectivity index (χ1n) is 8.69. The summed E-state index contributed by atoms with van der Waals surface area (Å²) in [4.78, 5) is 28.4. The summed E-state index contributed by atoms with van der Waals surface area (Å²) in [5.41, 5.74) is 1.28. The van der Waals surface area contributed by atoms with Gasteiger partial charge in [0, 0.05) is 20.7 Å². The summed E-state index contributed by atoms with van der Waals surface area (Å²) < 4.78 is 10.6. The van der Waals surface area contributed by atoms with E-state index in [1.807, 2.05) is 6.92 Å². The van der Waals surface area contributed by atoms with Gasteiger partial charge in [-0.3, -0.25) is 14.5 Å². The first kappa shape index (κ1) is 19.9. The highest BCUT2D eigenvalue weighted by atomic mass is 16.5. The van der Waals surface area contributed by atoms with Crippen LogP contribution in [0.2, 0.25) is 0 Å². The third kappa shape index (κ3) is 4.23. The quantitative estimate of drug-likeness (QED) is 0.629. The van der Waals surface area contributed by atoms with Gasteiger partial charge in [0.2, 0.25) is 0 Å². The van der Waals surface area contributed by atoms with Gasteiger partial charge in [0.25, 0.3) is 11.8 Å². The molecule has 0 fully saturated rings. The lowest BCUT2D eigenvalue weighted by Gasteiger charge is -2.20. The molecule has 0 saturated carbocycles. The van der Waals surface area contributed by atoms with E-state index in [1.165, 1.54) is 12.0 Å². The van der Waals surface area contributed by atoms with Gasteiger partial charge in [-0.2, -0.15) is 0 Å². The molecule has 26 heavy (non-hydrogen) atoms. The van der Waals surface area contributed by atoms with Crippen molar-refractivity contribution < 1.29 is 24.2 Å². The first-order valence-corrected chi connectivity index (χ1v) is 8.69. The summed E-state index contributed by atoms with van der Waals surface area (Å²) in [5, 5.41) is 9.22. The minimum absolute atomic E-state index is 0.114. The van der Waals surface area contributed by atoms with Gasteiger partial charge in [-0.15, -0.1) is 0 Å². The zero-order valence-electron chi connectivity index (χ0n) is 15.5. The standard InChI is InChI=1S/C19H26N2O5/c1-4-12-26-15-7-5-14(6-8-15)16-17(20(2)9-11-22)19(24)21(18(16)23)10-13-25-3/h5-8,22H,4,9-13H2,1-3H3. The Balaban J connectivity index is 2.38. The molecule has 1 aromatic rings. The number of carbonyl (C=O) groups is 2. The molecule has 1 aliphatic heterocycles. The van der Waals surface area contributed by atoms with Crippen LogP contribution in [0, 0.1) is 0 Å². The van der Waals surface area contributed by atoms with E-state index in [0.717, 1.165) is 12.2 Å². The number of likely N-dealkylation sites (N-methyl/N-ethyl adjacent to an activating group) is 1. The highest BCUT2D eigenvalue weighted by Gasteiger charge is 2.40. The SMILES string of the molecule is CCCOc1ccc(C2=C(N(C)CCO)C(=O)N(CCOC)C2=O)cc1. The van der Waals surface area contributed by atoms with Crippen molar-refractivity contribution in [1.29, 1.82) is 0 Å². The molecule has 0 saturated heterocycles. The number of benzene rings is 1. The molecule has 7 nitrogen and oxygen atoms in total. The van der Waals surface area contributed by atoms with Crippen LogP contribution in [0.4, 0.5) is 0 Å². The molecule has 0 aromatic heterocycles. The Kier molecular flexibility index (Phi) is 7.17. The number of aliphatic hydroxyl groups is 1. The number of hydrogen-bond acceptors (Lipinski definition) is 6. The number of amides is 2. The Morgan fingerprint density at radius 2 is 1.81 bits per heavy atom. The molecule has 1 aliphatic rings. The Labute approximate surface area is 153 Å². The van der Waals surface area contributed by atoms with Gasteiger partial charge in [0.15, 0.2) is 0 Å². The van der Waals surface area contributed by atoms with E-state index in [4.69, 9.17) is 9.47 Å². The van der Waals surface area contributed by atoms with Crippen molar-refractivity contribution in [2.45, 2.75) is 13.3 Å². The number of methoxy groups -OCH3 is 1. The average Bonchev–Trinajstić information content (AvgIpc) is 2.89. The van der Waals surface area contributed by atoms with Gasteiger partial charge in [-0.1, -0.05) is 19.1 Å². The molecule has 0 unspecified atom stereocenters. The average molecular weight is 362 g/mol. The second-order valence-corrected chi connectivity index (χ2v) is 6.00. The second kappa shape index (κ2) is 9.35. The molecule has 2 amide bonds. The fourth-order valence-electron chi connectivity index (χ4n) is 2.76. The van der Waals surface area contributed by atoms with E-state index in [1.54, 1.807) is 36.2 Å². The van der Waals surface area contributed by atoms with E-state index >= 15 is 0 Å². The molecule has 142 valence electrons. The number of rotatable bonds is 10. The van der Waals surface area contributed by atoms with Crippen molar-refractivity contribution in [2.75, 3.05) is 47.1 Å². The number of imide groups is 1. The molecule has 1 heterocycles. The maximum absolute atomic E-state index is 12.9. The van der Waals surface area contributed by atoms with Crippen LogP contribution in [0.15, 0.2) is 30.0 Å². The van der Waals surface area contributed by atoms with Gasteiger partial charge in [0.1, 0.15) is 11.4 Å². The lowest BCUT2D eigenvalue weighted by atomic mass is 10.0. The van der Waals surface area contributed by atoms with Crippen LogP contribution >= 0.6 is 0 Å². The maximum atomic E-state index is 12.9. The number of ether oxygens (including phenoxy) is 2. The van der Waals surface area contributed by atoms with Gasteiger partial charge < -0.3 is 19.5 Å². The fraction of sp³-hybridized carbons (Fsp3) is 0.474. The molecule has 2 rings (SSSR count). The summed E-state index contributed by atoms with van der Waals surface area (Å²) in [7, 11) is 3.21. The highest BCUT2D eigenvalue weighted by molar-refractivity contribution is 6.35. The highest BCUT2D eigenvalue weighted by Crippen LogP contribution is 2.31. The number of aliphatic hydroxyl groups excluding tert-OH is 1. The van der Waals surface area contributed by atoms with E-state index in [9.17, 15) is 14.7 Å². The van der Waals surface area contributed by atoms with Crippen molar-refractivity contribution >= 4 is 17.4 Å². The second-order valence-electron chi connectivity index (χ2n) is 6.00. The minimum Gasteiger partial charge on any atom is -0.494 e. The van der Waals surface area contributed by atoms with Crippen LogP contribution < -0.4 is 4.74 Å². The maximum Gasteiger partial charge on any atom is 0.277 e. The number of hydrogen-bond donors (Lipinski definition) is 1. The molecule has 7 heteroatoms. The van der Waals surface area contributed by atoms with E-state index in [2.05, 4.69) is 0 Å². The summed E-state index contributed by atoms with van der Waals surface area (Å²) in [6, 6.07) is 7.13. The normalized spacial score (nSPS) is 14.4. The lowest BCUT2D eigenvalue weighted by molar-refractivity contribution is -0.138. The number of nitrogens with zero attached hydrogens (tertiary/aromatic N) is 2. The van der Waals surface area contributed by atoms with Gasteiger partial charge in [-0.25, -0.2) is 0 Å². The molecular formula is C19H26N2O5. The third-order valence-electron chi connectivity index (χ3n) is 4.10. The Hall–Kier alpha value is -2.38. The molecule has 0 atom stereocenters. The van der Waals surface area contributed by atoms with Crippen LogP contribution in [0.5, 0.6) is 5.75 Å². The Morgan fingerprint density at radius 3 is 2.38 bits per heavy atom. The van der Waals surface area contributed by atoms with Crippen LogP contribution in [0.3, 0.4) is 0 Å². The predicted octanol–water partition coefficient (Wildman–Crippen LogP) is 1.13. The predicted molar refractivity (Wildman–Crippen MR) is 97.5 cm³/mol. The van der Waals surface area contributed by atoms with Gasteiger partial charge in [0.05, 0.1) is 31.9 Å². The fourth-order valence-corrected chi connectivity index (χ4v) is 2.76. The monoisotopic (exact) mass is 362 g/mol. The van der Waals surface area contributed by atoms with Crippen molar-refractivity contribution in [2.24, 2.45) is 0 Å². The first-order chi connectivity index (χ1) is 12.5. The lowest BCUT2D eigenvalue weighted by Crippen LogP contribution is -2.37. The zero-order chi connectivity index (χ0) is 19.1. The third-order valence-corrected chi connectivity index (χ3v) is 4.10. The largest absolute Gasteiger partial charge is 0.494 e. The van der Waals surface area contributed by atoms with Crippen molar-refractivity contribution in [3.8, 4) is 5.75 Å². The van der Waals surface area contributed by atoms with Crippen LogP contribution in [0.1, 0.15) is 18.9 Å². The van der Waals surface area contributed by atoms with Crippen LogP contribution in [-0.2, 0) is 14.3 Å². The molecule has 0 radical (unpaired) electrons. The van der Waals surface area contributed by atoms with Crippen molar-refractivity contribution in [3.63, 3.8) is 0 Å². The molecule has 1 N–H and O–H groups in total. The van der Waals surface area contributed by atoms with Gasteiger partial charge >= 0.3 is 0 Å². The molecular weight excluding hydrogens is 336 g/mol. The summed E-state index contributed by atoms with van der Waals surface area (Å²) >= 11 is 0. The topological polar surface area (TPSA) is 79.3 Å². The summed E-state index contributed by atoms with van der Waals surface area (Å²) in [6.45, 7) is 3.25. The van der Waals surface area contributed by atoms with Crippen LogP contribution in [0.25, 0.3) is 5.57 Å². The Bertz CT molecular complexity index is 669. The molecule has 0 aliphatic carbocycles. The van der Waals surface area contributed by atoms with Crippen molar-refractivity contribution in [1.82, 2.24) is 9.80 Å².